The molecule has 3 heterocycles. The van der Waals surface area contributed by atoms with Crippen molar-refractivity contribution in [1.29, 1.82) is 0 Å². The second kappa shape index (κ2) is 4.99. The van der Waals surface area contributed by atoms with Gasteiger partial charge in [-0.25, -0.2) is 9.97 Å². The zero-order chi connectivity index (χ0) is 12.5. The Bertz CT molecular complexity index is 562. The zero-order valence-electron chi connectivity index (χ0n) is 10.2. The van der Waals surface area contributed by atoms with Gasteiger partial charge in [0.2, 0.25) is 5.95 Å². The van der Waals surface area contributed by atoms with E-state index < -0.39 is 0 Å². The Hall–Kier alpha value is -0.910. The summed E-state index contributed by atoms with van der Waals surface area (Å²) < 4.78 is 0. The van der Waals surface area contributed by atoms with Crippen molar-refractivity contribution >= 4 is 39.1 Å². The third-order valence-electron chi connectivity index (χ3n) is 3.13. The Morgan fingerprint density at radius 3 is 2.89 bits per heavy atom. The van der Waals surface area contributed by atoms with Gasteiger partial charge < -0.3 is 10.2 Å². The minimum atomic E-state index is 0.574. The zero-order valence-corrected chi connectivity index (χ0v) is 11.8. The number of thiophene rings is 1. The van der Waals surface area contributed by atoms with Crippen LogP contribution in [0.15, 0.2) is 6.07 Å². The average Bonchev–Trinajstić information content (AvgIpc) is 2.83. The highest BCUT2D eigenvalue weighted by Crippen LogP contribution is 2.30. The van der Waals surface area contributed by atoms with Gasteiger partial charge in [0.25, 0.3) is 0 Å². The van der Waals surface area contributed by atoms with Gasteiger partial charge in [-0.15, -0.1) is 11.3 Å². The fourth-order valence-electron chi connectivity index (χ4n) is 2.11. The van der Waals surface area contributed by atoms with Crippen LogP contribution in [0.5, 0.6) is 0 Å². The summed E-state index contributed by atoms with van der Waals surface area (Å²) in [7, 11) is 0. The molecular formula is C12H15ClN4S. The predicted octanol–water partition coefficient (Wildman–Crippen LogP) is 2.32. The molecule has 1 aliphatic rings. The molecular weight excluding hydrogens is 268 g/mol. The standard InChI is InChI=1S/C12H15ClN4S/c1-2-8-7-9-10(13)15-12(16-11(9)18-8)17-5-3-14-4-6-17/h7,14H,2-6H2,1H3. The van der Waals surface area contributed by atoms with E-state index in [0.717, 1.165) is 48.8 Å². The largest absolute Gasteiger partial charge is 0.338 e. The molecule has 0 aliphatic carbocycles. The van der Waals surface area contributed by atoms with Crippen LogP contribution in [0, 0.1) is 0 Å². The van der Waals surface area contributed by atoms with Crippen LogP contribution in [0.3, 0.4) is 0 Å². The quantitative estimate of drug-likeness (QED) is 0.859. The summed E-state index contributed by atoms with van der Waals surface area (Å²) >= 11 is 7.98. The number of aryl methyl sites for hydroxylation is 1. The van der Waals surface area contributed by atoms with Crippen molar-refractivity contribution in [3.63, 3.8) is 0 Å². The Kier molecular flexibility index (Phi) is 3.37. The molecule has 1 saturated heterocycles. The molecule has 6 heteroatoms. The number of rotatable bonds is 2. The van der Waals surface area contributed by atoms with Crippen LogP contribution in [0.2, 0.25) is 5.15 Å². The fraction of sp³-hybridized carbons (Fsp3) is 0.500. The molecule has 0 atom stereocenters. The van der Waals surface area contributed by atoms with E-state index in [9.17, 15) is 0 Å². The summed E-state index contributed by atoms with van der Waals surface area (Å²) in [6.07, 6.45) is 1.01. The topological polar surface area (TPSA) is 41.1 Å². The normalized spacial score (nSPS) is 16.4. The van der Waals surface area contributed by atoms with Crippen LogP contribution in [-0.4, -0.2) is 36.1 Å². The molecule has 18 heavy (non-hydrogen) atoms. The number of anilines is 1. The van der Waals surface area contributed by atoms with Crippen molar-refractivity contribution in [2.24, 2.45) is 0 Å². The Morgan fingerprint density at radius 2 is 2.17 bits per heavy atom. The lowest BCUT2D eigenvalue weighted by Gasteiger charge is -2.27. The Morgan fingerprint density at radius 1 is 1.39 bits per heavy atom. The van der Waals surface area contributed by atoms with E-state index in [1.807, 2.05) is 0 Å². The molecule has 1 aliphatic heterocycles. The second-order valence-electron chi connectivity index (χ2n) is 4.34. The molecule has 1 fully saturated rings. The summed E-state index contributed by atoms with van der Waals surface area (Å²) in [5, 5.41) is 4.88. The number of nitrogens with zero attached hydrogens (tertiary/aromatic N) is 3. The SMILES string of the molecule is CCc1cc2c(Cl)nc(N3CCNCC3)nc2s1. The molecule has 0 aromatic carbocycles. The van der Waals surface area contributed by atoms with Crippen LogP contribution in [0.1, 0.15) is 11.8 Å². The average molecular weight is 283 g/mol. The molecule has 0 spiro atoms. The minimum absolute atomic E-state index is 0.574. The molecule has 1 N–H and O–H groups in total. The number of hydrogen-bond donors (Lipinski definition) is 1. The van der Waals surface area contributed by atoms with Crippen LogP contribution in [0.25, 0.3) is 10.2 Å². The van der Waals surface area contributed by atoms with E-state index in [2.05, 4.69) is 33.2 Å². The van der Waals surface area contributed by atoms with Gasteiger partial charge in [-0.3, -0.25) is 0 Å². The maximum Gasteiger partial charge on any atom is 0.228 e. The summed E-state index contributed by atoms with van der Waals surface area (Å²) in [4.78, 5) is 13.6. The molecule has 0 radical (unpaired) electrons. The van der Waals surface area contributed by atoms with Gasteiger partial charge in [0.15, 0.2) is 0 Å². The van der Waals surface area contributed by atoms with E-state index >= 15 is 0 Å². The summed E-state index contributed by atoms with van der Waals surface area (Å²) in [5.74, 6) is 0.763. The van der Waals surface area contributed by atoms with Gasteiger partial charge in [-0.2, -0.15) is 0 Å². The molecule has 2 aromatic rings. The van der Waals surface area contributed by atoms with Crippen molar-refractivity contribution < 1.29 is 0 Å². The summed E-state index contributed by atoms with van der Waals surface area (Å²) in [5.41, 5.74) is 0. The lowest BCUT2D eigenvalue weighted by Crippen LogP contribution is -2.44. The van der Waals surface area contributed by atoms with Crippen molar-refractivity contribution in [3.05, 3.63) is 16.1 Å². The summed E-state index contributed by atoms with van der Waals surface area (Å²) in [6.45, 7) is 5.97. The van der Waals surface area contributed by atoms with Gasteiger partial charge in [-0.05, 0) is 12.5 Å². The van der Waals surface area contributed by atoms with Gasteiger partial charge in [-0.1, -0.05) is 18.5 Å². The lowest BCUT2D eigenvalue weighted by molar-refractivity contribution is 0.580. The smallest absolute Gasteiger partial charge is 0.228 e. The van der Waals surface area contributed by atoms with E-state index in [4.69, 9.17) is 11.6 Å². The van der Waals surface area contributed by atoms with Crippen LogP contribution in [0.4, 0.5) is 5.95 Å². The van der Waals surface area contributed by atoms with E-state index in [-0.39, 0.29) is 0 Å². The van der Waals surface area contributed by atoms with Crippen LogP contribution >= 0.6 is 22.9 Å². The van der Waals surface area contributed by atoms with E-state index in [1.165, 1.54) is 4.88 Å². The highest BCUT2D eigenvalue weighted by molar-refractivity contribution is 7.18. The third kappa shape index (κ3) is 2.18. The van der Waals surface area contributed by atoms with E-state index in [1.54, 1.807) is 11.3 Å². The van der Waals surface area contributed by atoms with Gasteiger partial charge >= 0.3 is 0 Å². The number of piperazine rings is 1. The van der Waals surface area contributed by atoms with Crippen molar-refractivity contribution in [2.45, 2.75) is 13.3 Å². The maximum absolute atomic E-state index is 6.26. The number of halogens is 1. The molecule has 0 saturated carbocycles. The first-order valence-electron chi connectivity index (χ1n) is 6.19. The first-order valence-corrected chi connectivity index (χ1v) is 7.39. The minimum Gasteiger partial charge on any atom is -0.338 e. The van der Waals surface area contributed by atoms with Crippen molar-refractivity contribution in [2.75, 3.05) is 31.1 Å². The van der Waals surface area contributed by atoms with Crippen LogP contribution < -0.4 is 10.2 Å². The second-order valence-corrected chi connectivity index (χ2v) is 5.81. The highest BCUT2D eigenvalue weighted by Gasteiger charge is 2.16. The van der Waals surface area contributed by atoms with Gasteiger partial charge in [0.1, 0.15) is 9.98 Å². The van der Waals surface area contributed by atoms with Gasteiger partial charge in [0, 0.05) is 36.4 Å². The Balaban J connectivity index is 2.02. The molecule has 96 valence electrons. The Labute approximate surface area is 115 Å². The molecule has 3 rings (SSSR count). The number of aromatic nitrogens is 2. The van der Waals surface area contributed by atoms with Crippen molar-refractivity contribution in [1.82, 2.24) is 15.3 Å². The number of hydrogen-bond acceptors (Lipinski definition) is 5. The highest BCUT2D eigenvalue weighted by atomic mass is 35.5. The molecule has 2 aromatic heterocycles. The third-order valence-corrected chi connectivity index (χ3v) is 4.60. The first kappa shape index (κ1) is 12.1. The molecule has 0 amide bonds. The van der Waals surface area contributed by atoms with Crippen LogP contribution in [-0.2, 0) is 6.42 Å². The van der Waals surface area contributed by atoms with Gasteiger partial charge in [0.05, 0.1) is 0 Å². The maximum atomic E-state index is 6.26. The van der Waals surface area contributed by atoms with E-state index in [0.29, 0.717) is 5.15 Å². The summed E-state index contributed by atoms with van der Waals surface area (Å²) in [6, 6.07) is 2.10. The monoisotopic (exact) mass is 282 g/mol. The fourth-order valence-corrected chi connectivity index (χ4v) is 3.34. The van der Waals surface area contributed by atoms with Crippen molar-refractivity contribution in [3.8, 4) is 0 Å². The lowest BCUT2D eigenvalue weighted by atomic mass is 10.3. The number of fused-ring (bicyclic) bond motifs is 1. The number of nitrogens with one attached hydrogen (secondary N) is 1. The first-order chi connectivity index (χ1) is 8.78. The molecule has 4 nitrogen and oxygen atoms in total. The predicted molar refractivity (Wildman–Crippen MR) is 76.9 cm³/mol. The molecule has 0 unspecified atom stereocenters. The molecule has 0 bridgehead atoms.